The number of piperidine rings is 1. The number of hydrogen-bond acceptors (Lipinski definition) is 3. The normalized spacial score (nSPS) is 18.7. The number of likely N-dealkylation sites (tertiary alicyclic amines) is 1. The minimum Gasteiger partial charge on any atom is -0.342 e. The number of benzene rings is 1. The topological polar surface area (TPSA) is 78.1 Å². The molecule has 110 valence electrons. The summed E-state index contributed by atoms with van der Waals surface area (Å²) in [5, 5.41) is 10.8. The number of amides is 2. The van der Waals surface area contributed by atoms with E-state index in [9.17, 15) is 9.59 Å². The second-order valence-corrected chi connectivity index (χ2v) is 5.47. The van der Waals surface area contributed by atoms with Crippen LogP contribution in [-0.4, -0.2) is 40.0 Å². The van der Waals surface area contributed by atoms with Crippen LogP contribution in [0, 0.1) is 5.92 Å². The van der Waals surface area contributed by atoms with Gasteiger partial charge in [0.2, 0.25) is 11.8 Å². The molecular weight excluding hydrogens is 268 g/mol. The first kappa shape index (κ1) is 13.6. The average Bonchev–Trinajstić information content (AvgIpc) is 2.95. The second-order valence-electron chi connectivity index (χ2n) is 5.47. The van der Waals surface area contributed by atoms with Crippen LogP contribution >= 0.6 is 0 Å². The van der Waals surface area contributed by atoms with Crippen LogP contribution in [0.4, 0.5) is 5.69 Å². The van der Waals surface area contributed by atoms with Gasteiger partial charge < -0.3 is 10.2 Å². The Labute approximate surface area is 122 Å². The molecule has 6 nitrogen and oxygen atoms in total. The first-order chi connectivity index (χ1) is 10.1. The zero-order valence-corrected chi connectivity index (χ0v) is 11.9. The third-order valence-electron chi connectivity index (χ3n) is 3.95. The van der Waals surface area contributed by atoms with Gasteiger partial charge in [-0.15, -0.1) is 0 Å². The smallest absolute Gasteiger partial charge is 0.229 e. The monoisotopic (exact) mass is 286 g/mol. The molecule has 1 fully saturated rings. The lowest BCUT2D eigenvalue weighted by atomic mass is 9.97. The third-order valence-corrected chi connectivity index (χ3v) is 3.95. The zero-order valence-electron chi connectivity index (χ0n) is 11.9. The molecule has 1 unspecified atom stereocenters. The molecule has 1 aromatic carbocycles. The Morgan fingerprint density at radius 2 is 2.29 bits per heavy atom. The van der Waals surface area contributed by atoms with Crippen LogP contribution < -0.4 is 5.32 Å². The highest BCUT2D eigenvalue weighted by atomic mass is 16.2. The third kappa shape index (κ3) is 2.89. The number of H-pyrrole nitrogens is 1. The summed E-state index contributed by atoms with van der Waals surface area (Å²) in [4.78, 5) is 25.5. The summed E-state index contributed by atoms with van der Waals surface area (Å²) in [7, 11) is 0. The van der Waals surface area contributed by atoms with Crippen molar-refractivity contribution in [3.05, 3.63) is 24.4 Å². The number of aromatic amines is 1. The number of nitrogens with one attached hydrogen (secondary N) is 2. The number of nitrogens with zero attached hydrogens (tertiary/aromatic N) is 2. The van der Waals surface area contributed by atoms with Crippen molar-refractivity contribution in [1.82, 2.24) is 15.1 Å². The Bertz CT molecular complexity index is 679. The van der Waals surface area contributed by atoms with Crippen molar-refractivity contribution in [1.29, 1.82) is 0 Å². The van der Waals surface area contributed by atoms with Crippen LogP contribution in [0.15, 0.2) is 24.4 Å². The number of anilines is 1. The van der Waals surface area contributed by atoms with Crippen molar-refractivity contribution < 1.29 is 9.59 Å². The fourth-order valence-corrected chi connectivity index (χ4v) is 2.74. The van der Waals surface area contributed by atoms with Gasteiger partial charge in [-0.05, 0) is 31.0 Å². The maximum Gasteiger partial charge on any atom is 0.229 e. The van der Waals surface area contributed by atoms with Crippen molar-refractivity contribution in [2.24, 2.45) is 5.92 Å². The predicted octanol–water partition coefficient (Wildman–Crippen LogP) is 1.76. The Kier molecular flexibility index (Phi) is 3.60. The molecular formula is C15H18N4O2. The van der Waals surface area contributed by atoms with Gasteiger partial charge in [-0.25, -0.2) is 0 Å². The van der Waals surface area contributed by atoms with E-state index in [1.54, 1.807) is 18.0 Å². The van der Waals surface area contributed by atoms with E-state index in [2.05, 4.69) is 15.5 Å². The van der Waals surface area contributed by atoms with Crippen molar-refractivity contribution in [2.75, 3.05) is 18.4 Å². The number of carbonyl (C=O) groups is 2. The molecule has 2 amide bonds. The lowest BCUT2D eigenvalue weighted by Crippen LogP contribution is -2.42. The van der Waals surface area contributed by atoms with Crippen LogP contribution in [0.3, 0.4) is 0 Å². The Balaban J connectivity index is 1.69. The van der Waals surface area contributed by atoms with Gasteiger partial charge in [0.1, 0.15) is 0 Å². The quantitative estimate of drug-likeness (QED) is 0.883. The molecule has 0 saturated carbocycles. The number of carbonyl (C=O) groups excluding carboxylic acids is 2. The van der Waals surface area contributed by atoms with E-state index in [1.807, 2.05) is 18.2 Å². The molecule has 21 heavy (non-hydrogen) atoms. The molecule has 6 heteroatoms. The summed E-state index contributed by atoms with van der Waals surface area (Å²) in [5.41, 5.74) is 1.64. The molecule has 0 spiro atoms. The van der Waals surface area contributed by atoms with Crippen LogP contribution in [0.2, 0.25) is 0 Å². The van der Waals surface area contributed by atoms with Gasteiger partial charge in [0.05, 0.1) is 17.6 Å². The van der Waals surface area contributed by atoms with E-state index in [4.69, 9.17) is 0 Å². The highest BCUT2D eigenvalue weighted by Crippen LogP contribution is 2.21. The summed E-state index contributed by atoms with van der Waals surface area (Å²) in [6.45, 7) is 2.80. The number of aromatic nitrogens is 2. The van der Waals surface area contributed by atoms with Crippen molar-refractivity contribution in [2.45, 2.75) is 19.8 Å². The van der Waals surface area contributed by atoms with Crippen LogP contribution in [-0.2, 0) is 9.59 Å². The Hall–Kier alpha value is -2.37. The van der Waals surface area contributed by atoms with E-state index in [1.165, 1.54) is 0 Å². The summed E-state index contributed by atoms with van der Waals surface area (Å²) in [6.07, 6.45) is 3.44. The predicted molar refractivity (Wildman–Crippen MR) is 79.7 cm³/mol. The van der Waals surface area contributed by atoms with Crippen LogP contribution in [0.25, 0.3) is 10.9 Å². The highest BCUT2D eigenvalue weighted by Gasteiger charge is 2.27. The summed E-state index contributed by atoms with van der Waals surface area (Å²) in [5.74, 6) is -0.133. The van der Waals surface area contributed by atoms with Crippen LogP contribution in [0.5, 0.6) is 0 Å². The molecule has 0 radical (unpaired) electrons. The molecule has 2 heterocycles. The first-order valence-corrected chi connectivity index (χ1v) is 7.13. The van der Waals surface area contributed by atoms with Crippen molar-refractivity contribution in [3.63, 3.8) is 0 Å². The maximum atomic E-state index is 12.3. The van der Waals surface area contributed by atoms with E-state index < -0.39 is 0 Å². The minimum absolute atomic E-state index is 0.0279. The molecule has 3 rings (SSSR count). The molecule has 1 aliphatic rings. The summed E-state index contributed by atoms with van der Waals surface area (Å²) < 4.78 is 0. The number of hydrogen-bond donors (Lipinski definition) is 2. The largest absolute Gasteiger partial charge is 0.342 e. The number of rotatable bonds is 2. The van der Waals surface area contributed by atoms with Gasteiger partial charge in [-0.3, -0.25) is 14.7 Å². The molecule has 1 aliphatic heterocycles. The van der Waals surface area contributed by atoms with E-state index in [-0.39, 0.29) is 17.7 Å². The molecule has 2 N–H and O–H groups in total. The van der Waals surface area contributed by atoms with E-state index in [0.717, 1.165) is 36.0 Å². The fraction of sp³-hybridized carbons (Fsp3) is 0.400. The maximum absolute atomic E-state index is 12.3. The standard InChI is InChI=1S/C15H18N4O2/c1-10(20)19-6-2-3-12(9-19)15(21)17-13-5-4-11-8-16-18-14(11)7-13/h4-5,7-8,12H,2-3,6,9H2,1H3,(H,16,18)(H,17,21). The highest BCUT2D eigenvalue weighted by molar-refractivity contribution is 5.95. The Morgan fingerprint density at radius 1 is 1.43 bits per heavy atom. The van der Waals surface area contributed by atoms with Gasteiger partial charge in [0, 0.05) is 31.1 Å². The molecule has 1 atom stereocenters. The second kappa shape index (κ2) is 5.55. The summed E-state index contributed by atoms with van der Waals surface area (Å²) >= 11 is 0. The molecule has 1 saturated heterocycles. The molecule has 2 aromatic rings. The van der Waals surface area contributed by atoms with Gasteiger partial charge in [0.15, 0.2) is 0 Å². The van der Waals surface area contributed by atoms with E-state index in [0.29, 0.717) is 6.54 Å². The van der Waals surface area contributed by atoms with E-state index >= 15 is 0 Å². The number of fused-ring (bicyclic) bond motifs is 1. The van der Waals surface area contributed by atoms with Gasteiger partial charge >= 0.3 is 0 Å². The SMILES string of the molecule is CC(=O)N1CCCC(C(=O)Nc2ccc3cn[nH]c3c2)C1. The lowest BCUT2D eigenvalue weighted by molar-refractivity contribution is -0.132. The zero-order chi connectivity index (χ0) is 14.8. The molecule has 0 aliphatic carbocycles. The van der Waals surface area contributed by atoms with Gasteiger partial charge in [-0.1, -0.05) is 0 Å². The average molecular weight is 286 g/mol. The van der Waals surface area contributed by atoms with Crippen molar-refractivity contribution >= 4 is 28.4 Å². The minimum atomic E-state index is -0.139. The van der Waals surface area contributed by atoms with Crippen molar-refractivity contribution in [3.8, 4) is 0 Å². The molecule has 1 aromatic heterocycles. The van der Waals surface area contributed by atoms with Gasteiger partial charge in [0.25, 0.3) is 0 Å². The summed E-state index contributed by atoms with van der Waals surface area (Å²) in [6, 6.07) is 5.64. The molecule has 0 bridgehead atoms. The first-order valence-electron chi connectivity index (χ1n) is 7.13. The Morgan fingerprint density at radius 3 is 3.10 bits per heavy atom. The van der Waals surface area contributed by atoms with Gasteiger partial charge in [-0.2, -0.15) is 5.10 Å². The lowest BCUT2D eigenvalue weighted by Gasteiger charge is -2.31. The fourth-order valence-electron chi connectivity index (χ4n) is 2.74. The van der Waals surface area contributed by atoms with Crippen LogP contribution in [0.1, 0.15) is 19.8 Å².